The summed E-state index contributed by atoms with van der Waals surface area (Å²) in [6.07, 6.45) is 0. The maximum Gasteiger partial charge on any atom is 0.338 e. The number of aromatic nitrogens is 1. The quantitative estimate of drug-likeness (QED) is 0.749. The van der Waals surface area contributed by atoms with E-state index >= 15 is 0 Å². The monoisotopic (exact) mass is 267 g/mol. The van der Waals surface area contributed by atoms with Gasteiger partial charge in [-0.1, -0.05) is 18.2 Å². The van der Waals surface area contributed by atoms with Crippen LogP contribution in [0.2, 0.25) is 0 Å². The molecular formula is C16H13NO3. The number of nitrogens with zero attached hydrogens (tertiary/aromatic N) is 1. The number of aromatic hydroxyl groups is 1. The lowest BCUT2D eigenvalue weighted by atomic mass is 10.1. The second kappa shape index (κ2) is 4.42. The van der Waals surface area contributed by atoms with Crippen LogP contribution in [-0.2, 0) is 7.05 Å². The fourth-order valence-corrected chi connectivity index (χ4v) is 2.57. The van der Waals surface area contributed by atoms with Gasteiger partial charge in [0.15, 0.2) is 0 Å². The molecule has 1 aromatic heterocycles. The van der Waals surface area contributed by atoms with Crippen LogP contribution in [0.15, 0.2) is 48.5 Å². The Labute approximate surface area is 115 Å². The molecule has 0 saturated heterocycles. The molecule has 0 spiro atoms. The highest BCUT2D eigenvalue weighted by molar-refractivity contribution is 6.09. The van der Waals surface area contributed by atoms with Crippen molar-refractivity contribution in [2.24, 2.45) is 7.05 Å². The Balaban J connectivity index is 2.39. The number of aryl methyl sites for hydroxylation is 1. The fourth-order valence-electron chi connectivity index (χ4n) is 2.57. The van der Waals surface area contributed by atoms with E-state index in [1.165, 1.54) is 0 Å². The van der Waals surface area contributed by atoms with Gasteiger partial charge in [-0.3, -0.25) is 0 Å². The van der Waals surface area contributed by atoms with Gasteiger partial charge in [-0.2, -0.15) is 0 Å². The van der Waals surface area contributed by atoms with Gasteiger partial charge in [0, 0.05) is 18.0 Å². The summed E-state index contributed by atoms with van der Waals surface area (Å²) < 4.78 is 1.87. The molecule has 3 aromatic rings. The molecule has 0 aliphatic heterocycles. The summed E-state index contributed by atoms with van der Waals surface area (Å²) in [5.41, 5.74) is 2.55. The van der Waals surface area contributed by atoms with Gasteiger partial charge in [-0.05, 0) is 35.9 Å². The van der Waals surface area contributed by atoms with E-state index in [4.69, 9.17) is 0 Å². The standard InChI is InChI=1S/C16H13NO3/c1-17-13-5-3-2-4-12(13)14(16(19)20)15(17)10-6-8-11(18)9-7-10/h2-9,18H,1H3,(H,19,20). The number of hydrogen-bond acceptors (Lipinski definition) is 2. The van der Waals surface area contributed by atoms with Crippen molar-refractivity contribution in [2.75, 3.05) is 0 Å². The third-order valence-corrected chi connectivity index (χ3v) is 3.46. The van der Waals surface area contributed by atoms with E-state index in [0.717, 1.165) is 11.1 Å². The van der Waals surface area contributed by atoms with Gasteiger partial charge >= 0.3 is 5.97 Å². The lowest BCUT2D eigenvalue weighted by molar-refractivity contribution is 0.0699. The Kier molecular flexibility index (Phi) is 2.71. The maximum absolute atomic E-state index is 11.6. The zero-order valence-corrected chi connectivity index (χ0v) is 10.9. The molecule has 3 rings (SSSR count). The molecule has 1 heterocycles. The molecular weight excluding hydrogens is 254 g/mol. The van der Waals surface area contributed by atoms with Crippen LogP contribution in [0.25, 0.3) is 22.2 Å². The first kappa shape index (κ1) is 12.3. The number of benzene rings is 2. The van der Waals surface area contributed by atoms with Gasteiger partial charge in [0.05, 0.1) is 11.3 Å². The van der Waals surface area contributed by atoms with Crippen LogP contribution in [0.3, 0.4) is 0 Å². The van der Waals surface area contributed by atoms with Crippen molar-refractivity contribution >= 4 is 16.9 Å². The summed E-state index contributed by atoms with van der Waals surface area (Å²) in [5, 5.41) is 19.6. The number of para-hydroxylation sites is 1. The van der Waals surface area contributed by atoms with Gasteiger partial charge < -0.3 is 14.8 Å². The number of carbonyl (C=O) groups is 1. The van der Waals surface area contributed by atoms with Crippen LogP contribution in [0.1, 0.15) is 10.4 Å². The van der Waals surface area contributed by atoms with Gasteiger partial charge in [0.2, 0.25) is 0 Å². The highest BCUT2D eigenvalue weighted by Crippen LogP contribution is 2.33. The molecule has 4 heteroatoms. The first-order valence-electron chi connectivity index (χ1n) is 6.19. The average molecular weight is 267 g/mol. The topological polar surface area (TPSA) is 62.5 Å². The third-order valence-electron chi connectivity index (χ3n) is 3.46. The zero-order valence-electron chi connectivity index (χ0n) is 10.9. The van der Waals surface area contributed by atoms with Crippen molar-refractivity contribution in [3.8, 4) is 17.0 Å². The Morgan fingerprint density at radius 1 is 1.05 bits per heavy atom. The highest BCUT2D eigenvalue weighted by Gasteiger charge is 2.21. The van der Waals surface area contributed by atoms with Crippen LogP contribution >= 0.6 is 0 Å². The van der Waals surface area contributed by atoms with Gasteiger partial charge in [-0.25, -0.2) is 4.79 Å². The van der Waals surface area contributed by atoms with Crippen LogP contribution < -0.4 is 0 Å². The van der Waals surface area contributed by atoms with Crippen LogP contribution in [0.4, 0.5) is 0 Å². The van der Waals surface area contributed by atoms with Crippen molar-refractivity contribution in [2.45, 2.75) is 0 Å². The predicted octanol–water partition coefficient (Wildman–Crippen LogP) is 3.25. The number of carboxylic acids is 1. The van der Waals surface area contributed by atoms with E-state index in [1.54, 1.807) is 24.3 Å². The molecule has 0 fully saturated rings. The van der Waals surface area contributed by atoms with Gasteiger partial charge in [-0.15, -0.1) is 0 Å². The number of phenolic OH excluding ortho intramolecular Hbond substituents is 1. The largest absolute Gasteiger partial charge is 0.508 e. The molecule has 0 saturated carbocycles. The molecule has 0 aliphatic rings. The fraction of sp³-hybridized carbons (Fsp3) is 0.0625. The number of phenols is 1. The molecule has 4 nitrogen and oxygen atoms in total. The van der Waals surface area contributed by atoms with Gasteiger partial charge in [0.25, 0.3) is 0 Å². The molecule has 0 atom stereocenters. The summed E-state index contributed by atoms with van der Waals surface area (Å²) in [5.74, 6) is -0.797. The lowest BCUT2D eigenvalue weighted by Gasteiger charge is -2.06. The smallest absolute Gasteiger partial charge is 0.338 e. The van der Waals surface area contributed by atoms with Crippen LogP contribution in [-0.4, -0.2) is 20.7 Å². The number of carboxylic acid groups (broad SMARTS) is 1. The van der Waals surface area contributed by atoms with E-state index < -0.39 is 5.97 Å². The van der Waals surface area contributed by atoms with E-state index in [1.807, 2.05) is 35.9 Å². The van der Waals surface area contributed by atoms with E-state index in [2.05, 4.69) is 0 Å². The van der Waals surface area contributed by atoms with Crippen molar-refractivity contribution < 1.29 is 15.0 Å². The number of aromatic carboxylic acids is 1. The van der Waals surface area contributed by atoms with Crippen molar-refractivity contribution in [3.63, 3.8) is 0 Å². The number of rotatable bonds is 2. The molecule has 20 heavy (non-hydrogen) atoms. The summed E-state index contributed by atoms with van der Waals surface area (Å²) in [4.78, 5) is 11.6. The van der Waals surface area contributed by atoms with Gasteiger partial charge in [0.1, 0.15) is 5.75 Å². The lowest BCUT2D eigenvalue weighted by Crippen LogP contribution is -2.00. The summed E-state index contributed by atoms with van der Waals surface area (Å²) in [6.45, 7) is 0. The van der Waals surface area contributed by atoms with Crippen molar-refractivity contribution in [1.29, 1.82) is 0 Å². The Hall–Kier alpha value is -2.75. The van der Waals surface area contributed by atoms with Crippen molar-refractivity contribution in [1.82, 2.24) is 4.57 Å². The molecule has 2 N–H and O–H groups in total. The number of fused-ring (bicyclic) bond motifs is 1. The maximum atomic E-state index is 11.6. The summed E-state index contributed by atoms with van der Waals surface area (Å²) >= 11 is 0. The normalized spacial score (nSPS) is 10.8. The average Bonchev–Trinajstić information content (AvgIpc) is 2.74. The third kappa shape index (κ3) is 1.73. The number of hydrogen-bond donors (Lipinski definition) is 2. The molecule has 0 radical (unpaired) electrons. The predicted molar refractivity (Wildman–Crippen MR) is 77.0 cm³/mol. The molecule has 2 aromatic carbocycles. The summed E-state index contributed by atoms with van der Waals surface area (Å²) in [6, 6.07) is 14.0. The van der Waals surface area contributed by atoms with Crippen LogP contribution in [0.5, 0.6) is 5.75 Å². The highest BCUT2D eigenvalue weighted by atomic mass is 16.4. The summed E-state index contributed by atoms with van der Waals surface area (Å²) in [7, 11) is 1.84. The second-order valence-corrected chi connectivity index (χ2v) is 4.65. The molecule has 0 amide bonds. The SMILES string of the molecule is Cn1c(-c2ccc(O)cc2)c(C(=O)O)c2ccccc21. The first-order chi connectivity index (χ1) is 9.59. The molecule has 100 valence electrons. The van der Waals surface area contributed by atoms with Crippen molar-refractivity contribution in [3.05, 3.63) is 54.1 Å². The minimum Gasteiger partial charge on any atom is -0.508 e. The Bertz CT molecular complexity index is 800. The van der Waals surface area contributed by atoms with E-state index in [-0.39, 0.29) is 11.3 Å². The van der Waals surface area contributed by atoms with Crippen LogP contribution in [0, 0.1) is 0 Å². The molecule has 0 bridgehead atoms. The first-order valence-corrected chi connectivity index (χ1v) is 6.19. The zero-order chi connectivity index (χ0) is 14.3. The molecule has 0 unspecified atom stereocenters. The minimum atomic E-state index is -0.954. The second-order valence-electron chi connectivity index (χ2n) is 4.65. The minimum absolute atomic E-state index is 0.157. The van der Waals surface area contributed by atoms with E-state index in [9.17, 15) is 15.0 Å². The molecule has 0 aliphatic carbocycles. The van der Waals surface area contributed by atoms with E-state index in [0.29, 0.717) is 11.1 Å². The Morgan fingerprint density at radius 2 is 1.70 bits per heavy atom. The Morgan fingerprint density at radius 3 is 2.35 bits per heavy atom.